The molecule has 0 spiro atoms. The molecule has 160 valence electrons. The van der Waals surface area contributed by atoms with Crippen LogP contribution in [0.5, 0.6) is 0 Å². The number of H-pyrrole nitrogens is 1. The summed E-state index contributed by atoms with van der Waals surface area (Å²) < 4.78 is 2.22. The molecular formula is C25H25N7. The van der Waals surface area contributed by atoms with Crippen molar-refractivity contribution in [3.8, 4) is 22.3 Å². The Kier molecular flexibility index (Phi) is 4.08. The Balaban J connectivity index is 1.41. The van der Waals surface area contributed by atoms with Gasteiger partial charge in [-0.1, -0.05) is 6.07 Å². The van der Waals surface area contributed by atoms with Crippen molar-refractivity contribution in [2.45, 2.75) is 45.2 Å². The summed E-state index contributed by atoms with van der Waals surface area (Å²) in [6, 6.07) is 9.12. The second-order valence-corrected chi connectivity index (χ2v) is 9.53. The van der Waals surface area contributed by atoms with Crippen LogP contribution < -0.4 is 5.32 Å². The summed E-state index contributed by atoms with van der Waals surface area (Å²) in [4.78, 5) is 21.5. The molecule has 1 fully saturated rings. The summed E-state index contributed by atoms with van der Waals surface area (Å²) in [5.74, 6) is 0.691. The largest absolute Gasteiger partial charge is 0.351 e. The van der Waals surface area contributed by atoms with E-state index in [4.69, 9.17) is 0 Å². The van der Waals surface area contributed by atoms with Crippen LogP contribution in [0.25, 0.3) is 44.3 Å². The van der Waals surface area contributed by atoms with Gasteiger partial charge in [0.15, 0.2) is 0 Å². The number of benzene rings is 1. The highest BCUT2D eigenvalue weighted by atomic mass is 15.1. The lowest BCUT2D eigenvalue weighted by molar-refractivity contribution is 0.408. The Hall–Kier alpha value is -3.74. The first-order valence-corrected chi connectivity index (χ1v) is 11.0. The molecule has 6 rings (SSSR count). The highest BCUT2D eigenvalue weighted by Gasteiger charge is 2.22. The van der Waals surface area contributed by atoms with Gasteiger partial charge in [-0.05, 0) is 57.4 Å². The molecule has 2 N–H and O–H groups in total. The van der Waals surface area contributed by atoms with E-state index in [-0.39, 0.29) is 5.54 Å². The minimum atomic E-state index is -0.0388. The van der Waals surface area contributed by atoms with Gasteiger partial charge in [-0.2, -0.15) is 0 Å². The fourth-order valence-electron chi connectivity index (χ4n) is 4.07. The fourth-order valence-corrected chi connectivity index (χ4v) is 4.07. The van der Waals surface area contributed by atoms with Crippen molar-refractivity contribution in [3.05, 3.63) is 55.4 Å². The molecule has 7 heteroatoms. The number of aromatic nitrogens is 6. The molecule has 1 aliphatic carbocycles. The lowest BCUT2D eigenvalue weighted by Gasteiger charge is -2.21. The van der Waals surface area contributed by atoms with E-state index >= 15 is 0 Å². The summed E-state index contributed by atoms with van der Waals surface area (Å²) in [7, 11) is 0. The van der Waals surface area contributed by atoms with Crippen LogP contribution in [0.2, 0.25) is 0 Å². The predicted molar refractivity (Wildman–Crippen MR) is 127 cm³/mol. The van der Waals surface area contributed by atoms with Crippen LogP contribution in [-0.2, 0) is 5.54 Å². The third kappa shape index (κ3) is 3.30. The lowest BCUT2D eigenvalue weighted by atomic mass is 10.0. The molecule has 4 heterocycles. The molecule has 0 radical (unpaired) electrons. The Morgan fingerprint density at radius 2 is 1.72 bits per heavy atom. The van der Waals surface area contributed by atoms with E-state index in [1.807, 2.05) is 31.1 Å². The number of pyridine rings is 1. The number of anilines is 1. The lowest BCUT2D eigenvalue weighted by Crippen LogP contribution is -2.20. The second-order valence-electron chi connectivity index (χ2n) is 9.53. The van der Waals surface area contributed by atoms with Gasteiger partial charge in [-0.15, -0.1) is 0 Å². The van der Waals surface area contributed by atoms with Gasteiger partial charge in [0.05, 0.1) is 17.4 Å². The molecule has 0 amide bonds. The summed E-state index contributed by atoms with van der Waals surface area (Å²) in [5.41, 5.74) is 7.15. The van der Waals surface area contributed by atoms with Gasteiger partial charge in [0.1, 0.15) is 5.65 Å². The van der Waals surface area contributed by atoms with Gasteiger partial charge >= 0.3 is 0 Å². The molecule has 0 saturated heterocycles. The Morgan fingerprint density at radius 1 is 0.938 bits per heavy atom. The Morgan fingerprint density at radius 3 is 2.47 bits per heavy atom. The summed E-state index contributed by atoms with van der Waals surface area (Å²) in [6.45, 7) is 6.57. The third-order valence-corrected chi connectivity index (χ3v) is 6.01. The topological polar surface area (TPSA) is 84.3 Å². The maximum atomic E-state index is 4.65. The number of rotatable bonds is 4. The van der Waals surface area contributed by atoms with Crippen molar-refractivity contribution in [2.75, 3.05) is 5.32 Å². The zero-order valence-corrected chi connectivity index (χ0v) is 18.4. The first-order chi connectivity index (χ1) is 15.5. The number of aromatic amines is 1. The number of hydrogen-bond acceptors (Lipinski definition) is 5. The van der Waals surface area contributed by atoms with Crippen LogP contribution in [0.3, 0.4) is 0 Å². The van der Waals surface area contributed by atoms with Crippen molar-refractivity contribution < 1.29 is 0 Å². The number of hydrogen-bond donors (Lipinski definition) is 2. The molecule has 7 nitrogen and oxygen atoms in total. The highest BCUT2D eigenvalue weighted by molar-refractivity contribution is 5.97. The van der Waals surface area contributed by atoms with Crippen molar-refractivity contribution in [1.82, 2.24) is 29.5 Å². The van der Waals surface area contributed by atoms with Gasteiger partial charge in [0.25, 0.3) is 0 Å². The zero-order valence-electron chi connectivity index (χ0n) is 18.4. The maximum Gasteiger partial charge on any atom is 0.222 e. The van der Waals surface area contributed by atoms with Crippen molar-refractivity contribution in [1.29, 1.82) is 0 Å². The van der Waals surface area contributed by atoms with Crippen LogP contribution in [0.4, 0.5) is 5.95 Å². The fraction of sp³-hybridized carbons (Fsp3) is 0.280. The zero-order chi connectivity index (χ0) is 21.9. The Labute approximate surface area is 186 Å². The van der Waals surface area contributed by atoms with Gasteiger partial charge < -0.3 is 14.9 Å². The molecule has 1 aliphatic rings. The molecular weight excluding hydrogens is 398 g/mol. The molecule has 1 aromatic carbocycles. The molecule has 1 saturated carbocycles. The van der Waals surface area contributed by atoms with E-state index in [1.165, 1.54) is 12.8 Å². The van der Waals surface area contributed by atoms with Crippen molar-refractivity contribution in [3.63, 3.8) is 0 Å². The third-order valence-electron chi connectivity index (χ3n) is 6.01. The highest BCUT2D eigenvalue weighted by Crippen LogP contribution is 2.33. The van der Waals surface area contributed by atoms with Crippen LogP contribution in [0.15, 0.2) is 55.4 Å². The van der Waals surface area contributed by atoms with Crippen molar-refractivity contribution >= 4 is 28.0 Å². The predicted octanol–water partition coefficient (Wildman–Crippen LogP) is 5.37. The molecule has 4 aromatic heterocycles. The van der Waals surface area contributed by atoms with E-state index in [0.717, 1.165) is 44.3 Å². The summed E-state index contributed by atoms with van der Waals surface area (Å²) in [6.07, 6.45) is 11.9. The van der Waals surface area contributed by atoms with Crippen LogP contribution in [-0.4, -0.2) is 35.5 Å². The van der Waals surface area contributed by atoms with E-state index in [9.17, 15) is 0 Å². The molecule has 0 bridgehead atoms. The van der Waals surface area contributed by atoms with Gasteiger partial charge in [-0.3, -0.25) is 0 Å². The van der Waals surface area contributed by atoms with E-state index in [2.05, 4.69) is 79.8 Å². The van der Waals surface area contributed by atoms with E-state index in [0.29, 0.717) is 12.0 Å². The van der Waals surface area contributed by atoms with Gasteiger partial charge in [0.2, 0.25) is 5.95 Å². The first-order valence-electron chi connectivity index (χ1n) is 11.0. The quantitative estimate of drug-likeness (QED) is 0.406. The number of nitrogens with one attached hydrogen (secondary N) is 2. The summed E-state index contributed by atoms with van der Waals surface area (Å²) >= 11 is 0. The standard InChI is InChI=1S/C25H25N7/c1-25(2,3)32-14-30-21-7-4-15(9-22(21)32)20-13-27-23-19(20)8-16(10-26-23)17-11-28-24(29-12-17)31-18-5-6-18/h4,7-14,18H,5-6H2,1-3H3,(H,26,27)(H,28,29,31). The van der Waals surface area contributed by atoms with Gasteiger partial charge in [-0.25, -0.2) is 19.9 Å². The molecule has 32 heavy (non-hydrogen) atoms. The van der Waals surface area contributed by atoms with E-state index in [1.54, 1.807) is 0 Å². The van der Waals surface area contributed by atoms with Crippen molar-refractivity contribution in [2.24, 2.45) is 0 Å². The van der Waals surface area contributed by atoms with Crippen LogP contribution in [0.1, 0.15) is 33.6 Å². The summed E-state index contributed by atoms with van der Waals surface area (Å²) in [5, 5.41) is 4.40. The maximum absolute atomic E-state index is 4.65. The number of imidazole rings is 1. The average Bonchev–Trinajstić information content (AvgIpc) is 3.32. The second kappa shape index (κ2) is 6.88. The number of fused-ring (bicyclic) bond motifs is 2. The minimum absolute atomic E-state index is 0.0388. The minimum Gasteiger partial charge on any atom is -0.351 e. The first kappa shape index (κ1) is 19.0. The SMILES string of the molecule is CC(C)(C)n1cnc2ccc(-c3c[nH]c4ncc(-c5cnc(NC6CC6)nc5)cc34)cc21. The normalized spacial score (nSPS) is 14.3. The van der Waals surface area contributed by atoms with Crippen LogP contribution >= 0.6 is 0 Å². The monoisotopic (exact) mass is 423 g/mol. The van der Waals surface area contributed by atoms with E-state index < -0.39 is 0 Å². The average molecular weight is 424 g/mol. The smallest absolute Gasteiger partial charge is 0.222 e. The molecule has 0 aliphatic heterocycles. The van der Waals surface area contributed by atoms with Crippen LogP contribution in [0, 0.1) is 0 Å². The Bertz CT molecular complexity index is 1430. The number of nitrogens with zero attached hydrogens (tertiary/aromatic N) is 5. The van der Waals surface area contributed by atoms with Gasteiger partial charge in [0, 0.05) is 58.4 Å². The molecule has 0 unspecified atom stereocenters. The molecule has 0 atom stereocenters. The molecule has 5 aromatic rings.